The monoisotopic (exact) mass is 558 g/mol. The minimum Gasteiger partial charge on any atom is -0.480 e. The van der Waals surface area contributed by atoms with Crippen molar-refractivity contribution in [1.29, 1.82) is 0 Å². The fraction of sp³-hybridized carbons (Fsp3) is 0.179. The first-order valence-electron chi connectivity index (χ1n) is 11.5. The highest BCUT2D eigenvalue weighted by Gasteiger charge is 2.35. The number of carboxylic acids is 1. The quantitative estimate of drug-likeness (QED) is 0.204. The normalized spacial score (nSPS) is 12.8. The number of carbonyl (C=O) groups excluding carboxylic acids is 2. The molecule has 1 unspecified atom stereocenters. The van der Waals surface area contributed by atoms with Crippen LogP contribution in [0.25, 0.3) is 6.08 Å². The lowest BCUT2D eigenvalue weighted by Crippen LogP contribution is -2.53. The number of para-hydroxylation sites is 1. The van der Waals surface area contributed by atoms with Crippen LogP contribution >= 0.6 is 12.6 Å². The van der Waals surface area contributed by atoms with Crippen LogP contribution in [0.3, 0.4) is 0 Å². The second-order valence-electron chi connectivity index (χ2n) is 8.97. The zero-order chi connectivity index (χ0) is 28.8. The van der Waals surface area contributed by atoms with Gasteiger partial charge in [-0.1, -0.05) is 30.3 Å². The van der Waals surface area contributed by atoms with Crippen molar-refractivity contribution >= 4 is 36.5 Å². The van der Waals surface area contributed by atoms with Gasteiger partial charge in [0.1, 0.15) is 23.2 Å². The van der Waals surface area contributed by atoms with Gasteiger partial charge in [-0.25, -0.2) is 4.79 Å². The molecule has 2 amide bonds. The highest BCUT2D eigenvalue weighted by atomic mass is 32.1. The Morgan fingerprint density at radius 2 is 1.54 bits per heavy atom. The molecule has 0 heterocycles. The van der Waals surface area contributed by atoms with Crippen molar-refractivity contribution in [2.75, 3.05) is 0 Å². The van der Waals surface area contributed by atoms with Crippen molar-refractivity contribution in [2.45, 2.75) is 30.8 Å². The molecule has 3 aromatic carbocycles. The number of ether oxygens (including phenoxy) is 1. The summed E-state index contributed by atoms with van der Waals surface area (Å²) in [5, 5.41) is 14.3. The number of thiol groups is 1. The average molecular weight is 559 g/mol. The predicted octanol–water partition coefficient (Wildman–Crippen LogP) is 5.55. The number of alkyl halides is 3. The van der Waals surface area contributed by atoms with Gasteiger partial charge in [0.25, 0.3) is 11.8 Å². The smallest absolute Gasteiger partial charge is 0.416 e. The van der Waals surface area contributed by atoms with Crippen LogP contribution in [0.15, 0.2) is 84.6 Å². The Morgan fingerprint density at radius 1 is 0.923 bits per heavy atom. The van der Waals surface area contributed by atoms with Gasteiger partial charge in [0, 0.05) is 10.3 Å². The number of carboxylic acid groups (broad SMARTS) is 1. The van der Waals surface area contributed by atoms with Crippen molar-refractivity contribution in [3.63, 3.8) is 0 Å². The summed E-state index contributed by atoms with van der Waals surface area (Å²) in [7, 11) is 0. The van der Waals surface area contributed by atoms with Crippen molar-refractivity contribution in [3.8, 4) is 11.5 Å². The number of hydrogen-bond acceptors (Lipinski definition) is 5. The lowest BCUT2D eigenvalue weighted by atomic mass is 10.0. The second-order valence-corrected chi connectivity index (χ2v) is 10.1. The number of benzene rings is 3. The van der Waals surface area contributed by atoms with Gasteiger partial charge in [-0.15, -0.1) is 0 Å². The summed E-state index contributed by atoms with van der Waals surface area (Å²) in [4.78, 5) is 37.8. The van der Waals surface area contributed by atoms with Crippen molar-refractivity contribution in [2.24, 2.45) is 0 Å². The van der Waals surface area contributed by atoms with Gasteiger partial charge in [-0.05, 0) is 74.0 Å². The summed E-state index contributed by atoms with van der Waals surface area (Å²) in [6, 6.07) is 17.4. The highest BCUT2D eigenvalue weighted by Crippen LogP contribution is 2.29. The Bertz CT molecular complexity index is 1370. The number of halogens is 3. The maximum atomic E-state index is 13.2. The summed E-state index contributed by atoms with van der Waals surface area (Å²) in [5.74, 6) is -2.19. The number of aliphatic carboxylic acids is 1. The second kappa shape index (κ2) is 12.1. The van der Waals surface area contributed by atoms with E-state index in [9.17, 15) is 32.7 Å². The molecule has 204 valence electrons. The Kier molecular flexibility index (Phi) is 9.08. The molecule has 0 fully saturated rings. The van der Waals surface area contributed by atoms with Gasteiger partial charge in [0.2, 0.25) is 0 Å². The first-order valence-corrected chi connectivity index (χ1v) is 12.0. The Hall–Kier alpha value is -4.25. The molecule has 1 atom stereocenters. The Labute approximate surface area is 228 Å². The van der Waals surface area contributed by atoms with Crippen LogP contribution in [0.4, 0.5) is 13.2 Å². The minimum atomic E-state index is -4.59. The topological polar surface area (TPSA) is 105 Å². The fourth-order valence-electron chi connectivity index (χ4n) is 3.37. The van der Waals surface area contributed by atoms with Crippen LogP contribution in [-0.4, -0.2) is 33.7 Å². The molecule has 0 saturated heterocycles. The molecule has 0 spiro atoms. The maximum absolute atomic E-state index is 13.2. The lowest BCUT2D eigenvalue weighted by Gasteiger charge is -2.27. The molecule has 0 saturated carbocycles. The van der Waals surface area contributed by atoms with Gasteiger partial charge in [0.15, 0.2) is 0 Å². The minimum absolute atomic E-state index is 0.146. The zero-order valence-electron chi connectivity index (χ0n) is 20.8. The molecule has 39 heavy (non-hydrogen) atoms. The van der Waals surface area contributed by atoms with E-state index in [0.29, 0.717) is 17.1 Å². The van der Waals surface area contributed by atoms with E-state index in [1.165, 1.54) is 19.9 Å². The van der Waals surface area contributed by atoms with Crippen LogP contribution in [0, 0.1) is 0 Å². The largest absolute Gasteiger partial charge is 0.480 e. The summed E-state index contributed by atoms with van der Waals surface area (Å²) < 4.78 is 43.3. The predicted molar refractivity (Wildman–Crippen MR) is 142 cm³/mol. The van der Waals surface area contributed by atoms with Gasteiger partial charge in [0.05, 0.1) is 5.56 Å². The highest BCUT2D eigenvalue weighted by molar-refractivity contribution is 7.81. The maximum Gasteiger partial charge on any atom is 0.416 e. The van der Waals surface area contributed by atoms with Crippen LogP contribution in [-0.2, 0) is 15.8 Å². The summed E-state index contributed by atoms with van der Waals surface area (Å²) in [6.45, 7) is 2.98. The molecule has 11 heteroatoms. The number of amides is 2. The molecule has 3 N–H and O–H groups in total. The fourth-order valence-corrected chi connectivity index (χ4v) is 3.55. The molecule has 0 aliphatic carbocycles. The van der Waals surface area contributed by atoms with Gasteiger partial charge < -0.3 is 20.5 Å². The van der Waals surface area contributed by atoms with E-state index in [1.54, 1.807) is 48.5 Å². The van der Waals surface area contributed by atoms with E-state index in [0.717, 1.165) is 24.3 Å². The number of nitrogens with one attached hydrogen (secondary N) is 2. The van der Waals surface area contributed by atoms with Crippen molar-refractivity contribution in [1.82, 2.24) is 10.6 Å². The van der Waals surface area contributed by atoms with E-state index in [4.69, 9.17) is 4.74 Å². The molecule has 0 radical (unpaired) electrons. The number of rotatable bonds is 9. The van der Waals surface area contributed by atoms with E-state index < -0.39 is 40.3 Å². The average Bonchev–Trinajstić information content (AvgIpc) is 2.86. The molecule has 3 rings (SSSR count). The van der Waals surface area contributed by atoms with Crippen LogP contribution in [0.1, 0.15) is 35.3 Å². The molecule has 0 bridgehead atoms. The van der Waals surface area contributed by atoms with E-state index >= 15 is 0 Å². The number of hydrogen-bond donors (Lipinski definition) is 4. The zero-order valence-corrected chi connectivity index (χ0v) is 21.7. The standard InChI is InChI=1S/C28H25F3N2O5S/c1-27(2,39)23(26(36)37)33-25(35)22(32-24(34)18-11-13-19(14-12-18)28(29,30)31)16-17-7-6-10-21(15-17)38-20-8-4-3-5-9-20/h3-16,23,39H,1-2H3,(H,32,34)(H,33,35)(H,36,37). The first-order chi connectivity index (χ1) is 18.2. The van der Waals surface area contributed by atoms with Crippen LogP contribution < -0.4 is 15.4 Å². The molecule has 0 aromatic heterocycles. The Balaban J connectivity index is 1.94. The van der Waals surface area contributed by atoms with Crippen molar-refractivity contribution in [3.05, 3.63) is 101 Å². The van der Waals surface area contributed by atoms with Gasteiger partial charge >= 0.3 is 12.1 Å². The SMILES string of the molecule is CC(C)(S)C(NC(=O)C(=Cc1cccc(Oc2ccccc2)c1)NC(=O)c1ccc(C(F)(F)F)cc1)C(=O)O. The molecular formula is C28H25F3N2O5S. The first kappa shape index (κ1) is 29.3. The van der Waals surface area contributed by atoms with E-state index in [2.05, 4.69) is 23.3 Å². The van der Waals surface area contributed by atoms with E-state index in [-0.39, 0.29) is 11.3 Å². The van der Waals surface area contributed by atoms with Crippen LogP contribution in [0.5, 0.6) is 11.5 Å². The van der Waals surface area contributed by atoms with Gasteiger partial charge in [-0.2, -0.15) is 25.8 Å². The third-order valence-corrected chi connectivity index (χ3v) is 5.60. The molecule has 0 aliphatic rings. The lowest BCUT2D eigenvalue weighted by molar-refractivity contribution is -0.142. The summed E-state index contributed by atoms with van der Waals surface area (Å²) in [6.07, 6.45) is -3.29. The Morgan fingerprint density at radius 3 is 2.10 bits per heavy atom. The number of carbonyl (C=O) groups is 3. The molecule has 7 nitrogen and oxygen atoms in total. The van der Waals surface area contributed by atoms with E-state index in [1.807, 2.05) is 6.07 Å². The van der Waals surface area contributed by atoms with Crippen LogP contribution in [0.2, 0.25) is 0 Å². The molecule has 0 aliphatic heterocycles. The van der Waals surface area contributed by atoms with Gasteiger partial charge in [-0.3, -0.25) is 9.59 Å². The third kappa shape index (κ3) is 8.37. The molecular weight excluding hydrogens is 533 g/mol. The summed E-state index contributed by atoms with van der Waals surface area (Å²) >= 11 is 4.24. The molecule has 3 aromatic rings. The third-order valence-electron chi connectivity index (χ3n) is 5.34. The summed E-state index contributed by atoms with van der Waals surface area (Å²) in [5.41, 5.74) is -1.02. The van der Waals surface area contributed by atoms with Crippen molar-refractivity contribution < 1.29 is 37.4 Å².